The molecule has 1 fully saturated rings. The van der Waals surface area contributed by atoms with E-state index in [9.17, 15) is 5.11 Å². The van der Waals surface area contributed by atoms with Crippen LogP contribution < -0.4 is 5.73 Å². The normalized spacial score (nSPS) is 28.3. The highest BCUT2D eigenvalue weighted by Crippen LogP contribution is 2.20. The van der Waals surface area contributed by atoms with Gasteiger partial charge in [-0.05, 0) is 40.8 Å². The smallest absolute Gasteiger partial charge is 0.0609 e. The van der Waals surface area contributed by atoms with E-state index in [1.54, 1.807) is 0 Å². The fraction of sp³-hybridized carbons (Fsp3) is 1.00. The van der Waals surface area contributed by atoms with Crippen LogP contribution in [0.25, 0.3) is 0 Å². The van der Waals surface area contributed by atoms with Gasteiger partial charge in [0, 0.05) is 30.7 Å². The maximum Gasteiger partial charge on any atom is 0.0609 e. The van der Waals surface area contributed by atoms with E-state index in [0.29, 0.717) is 12.1 Å². The Labute approximate surface area is 99.4 Å². The molecule has 4 heteroatoms. The topological polar surface area (TPSA) is 52.7 Å². The number of aliphatic hydroxyl groups is 1. The van der Waals surface area contributed by atoms with Gasteiger partial charge < -0.3 is 15.7 Å². The summed E-state index contributed by atoms with van der Waals surface area (Å²) in [6.45, 7) is 6.45. The van der Waals surface area contributed by atoms with Crippen LogP contribution in [0.3, 0.4) is 0 Å². The van der Waals surface area contributed by atoms with Gasteiger partial charge in [0.05, 0.1) is 6.61 Å². The average molecular weight is 229 g/mol. The number of likely N-dealkylation sites (N-methyl/N-ethyl adjacent to an activating group) is 1. The summed E-state index contributed by atoms with van der Waals surface area (Å²) >= 11 is 0. The molecule has 3 atom stereocenters. The number of nitrogens with zero attached hydrogens (tertiary/aromatic N) is 2. The molecule has 1 heterocycles. The molecule has 0 bridgehead atoms. The Bertz CT molecular complexity index is 218. The van der Waals surface area contributed by atoms with Gasteiger partial charge >= 0.3 is 0 Å². The molecule has 1 saturated heterocycles. The first-order valence-electron chi connectivity index (χ1n) is 6.16. The summed E-state index contributed by atoms with van der Waals surface area (Å²) in [7, 11) is 4.28. The Morgan fingerprint density at radius 2 is 2.19 bits per heavy atom. The molecule has 0 aromatic heterocycles. The lowest BCUT2D eigenvalue weighted by Crippen LogP contribution is -2.47. The van der Waals surface area contributed by atoms with E-state index in [2.05, 4.69) is 30.8 Å². The SMILES string of the molecule is CC(CC(C)(N)CO)N1CCC(N(C)C)C1. The first kappa shape index (κ1) is 13.9. The van der Waals surface area contributed by atoms with Crippen LogP contribution in [0.1, 0.15) is 26.7 Å². The maximum atomic E-state index is 9.17. The summed E-state index contributed by atoms with van der Waals surface area (Å²) in [4.78, 5) is 4.77. The Hall–Kier alpha value is -0.160. The molecule has 0 amide bonds. The molecule has 0 aromatic rings. The minimum Gasteiger partial charge on any atom is -0.394 e. The van der Waals surface area contributed by atoms with Crippen molar-refractivity contribution in [3.8, 4) is 0 Å². The monoisotopic (exact) mass is 229 g/mol. The lowest BCUT2D eigenvalue weighted by atomic mass is 9.95. The van der Waals surface area contributed by atoms with E-state index in [-0.39, 0.29) is 6.61 Å². The maximum absolute atomic E-state index is 9.17. The van der Waals surface area contributed by atoms with Crippen molar-refractivity contribution in [2.75, 3.05) is 33.8 Å². The van der Waals surface area contributed by atoms with Gasteiger partial charge in [-0.3, -0.25) is 4.90 Å². The van der Waals surface area contributed by atoms with E-state index < -0.39 is 5.54 Å². The second-order valence-electron chi connectivity index (χ2n) is 5.77. The van der Waals surface area contributed by atoms with Crippen LogP contribution in [0.15, 0.2) is 0 Å². The zero-order valence-corrected chi connectivity index (χ0v) is 11.1. The first-order chi connectivity index (χ1) is 7.35. The Kier molecular flexibility index (Phi) is 4.73. The molecule has 3 N–H and O–H groups in total. The van der Waals surface area contributed by atoms with Gasteiger partial charge in [-0.15, -0.1) is 0 Å². The predicted molar refractivity (Wildman–Crippen MR) is 67.4 cm³/mol. The first-order valence-corrected chi connectivity index (χ1v) is 6.16. The molecule has 96 valence electrons. The standard InChI is InChI=1S/C12H27N3O/c1-10(7-12(2,13)9-16)15-6-5-11(8-15)14(3)4/h10-11,16H,5-9,13H2,1-4H3. The summed E-state index contributed by atoms with van der Waals surface area (Å²) < 4.78 is 0. The van der Waals surface area contributed by atoms with Crippen molar-refractivity contribution in [3.63, 3.8) is 0 Å². The van der Waals surface area contributed by atoms with Crippen molar-refractivity contribution in [1.29, 1.82) is 0 Å². The highest BCUT2D eigenvalue weighted by Gasteiger charge is 2.30. The van der Waals surface area contributed by atoms with E-state index in [1.807, 2.05) is 6.92 Å². The Balaban J connectivity index is 2.42. The van der Waals surface area contributed by atoms with Gasteiger partial charge in [0.15, 0.2) is 0 Å². The van der Waals surface area contributed by atoms with Crippen molar-refractivity contribution in [2.45, 2.75) is 44.3 Å². The molecule has 4 nitrogen and oxygen atoms in total. The number of hydrogen-bond donors (Lipinski definition) is 2. The molecule has 0 aliphatic carbocycles. The molecule has 0 radical (unpaired) electrons. The lowest BCUT2D eigenvalue weighted by Gasteiger charge is -2.32. The zero-order valence-electron chi connectivity index (χ0n) is 11.1. The lowest BCUT2D eigenvalue weighted by molar-refractivity contribution is 0.147. The van der Waals surface area contributed by atoms with E-state index in [4.69, 9.17) is 5.73 Å². The molecule has 16 heavy (non-hydrogen) atoms. The quantitative estimate of drug-likeness (QED) is 0.702. The van der Waals surface area contributed by atoms with E-state index >= 15 is 0 Å². The third-order valence-corrected chi connectivity index (χ3v) is 3.67. The molecular formula is C12H27N3O. The van der Waals surface area contributed by atoms with Crippen LogP contribution in [0.5, 0.6) is 0 Å². The van der Waals surface area contributed by atoms with E-state index in [0.717, 1.165) is 19.5 Å². The van der Waals surface area contributed by atoms with Crippen LogP contribution in [-0.4, -0.2) is 66.3 Å². The number of rotatable bonds is 5. The van der Waals surface area contributed by atoms with Crippen molar-refractivity contribution in [3.05, 3.63) is 0 Å². The number of nitrogens with two attached hydrogens (primary N) is 1. The van der Waals surface area contributed by atoms with Crippen LogP contribution in [-0.2, 0) is 0 Å². The Morgan fingerprint density at radius 3 is 2.62 bits per heavy atom. The fourth-order valence-corrected chi connectivity index (χ4v) is 2.46. The van der Waals surface area contributed by atoms with Crippen molar-refractivity contribution < 1.29 is 5.11 Å². The van der Waals surface area contributed by atoms with Gasteiger partial charge in [0.25, 0.3) is 0 Å². The van der Waals surface area contributed by atoms with Crippen molar-refractivity contribution in [1.82, 2.24) is 9.80 Å². The molecule has 1 aliphatic rings. The summed E-state index contributed by atoms with van der Waals surface area (Å²) in [5.74, 6) is 0. The molecule has 0 spiro atoms. The van der Waals surface area contributed by atoms with Gasteiger partial charge in [0.2, 0.25) is 0 Å². The van der Waals surface area contributed by atoms with Crippen molar-refractivity contribution >= 4 is 0 Å². The predicted octanol–water partition coefficient (Wildman–Crippen LogP) is 0.111. The third-order valence-electron chi connectivity index (χ3n) is 3.67. The minimum absolute atomic E-state index is 0.0578. The van der Waals surface area contributed by atoms with Crippen LogP contribution >= 0.6 is 0 Å². The summed E-state index contributed by atoms with van der Waals surface area (Å²) in [5.41, 5.74) is 5.54. The second kappa shape index (κ2) is 5.45. The number of aliphatic hydroxyl groups excluding tert-OH is 1. The molecule has 0 aromatic carbocycles. The second-order valence-corrected chi connectivity index (χ2v) is 5.77. The van der Waals surface area contributed by atoms with Crippen molar-refractivity contribution in [2.24, 2.45) is 5.73 Å². The highest BCUT2D eigenvalue weighted by molar-refractivity contribution is 4.88. The number of likely N-dealkylation sites (tertiary alicyclic amines) is 1. The van der Waals surface area contributed by atoms with Crippen LogP contribution in [0, 0.1) is 0 Å². The summed E-state index contributed by atoms with van der Waals surface area (Å²) in [6, 6.07) is 1.12. The summed E-state index contributed by atoms with van der Waals surface area (Å²) in [6.07, 6.45) is 2.08. The third kappa shape index (κ3) is 3.70. The van der Waals surface area contributed by atoms with Gasteiger partial charge in [-0.2, -0.15) is 0 Å². The Morgan fingerprint density at radius 1 is 1.56 bits per heavy atom. The largest absolute Gasteiger partial charge is 0.394 e. The summed E-state index contributed by atoms with van der Waals surface area (Å²) in [5, 5.41) is 9.17. The zero-order chi connectivity index (χ0) is 12.3. The number of hydrogen-bond acceptors (Lipinski definition) is 4. The van der Waals surface area contributed by atoms with Gasteiger partial charge in [0.1, 0.15) is 0 Å². The average Bonchev–Trinajstić information content (AvgIpc) is 2.66. The molecular weight excluding hydrogens is 202 g/mol. The molecule has 1 rings (SSSR count). The van der Waals surface area contributed by atoms with Gasteiger partial charge in [-0.25, -0.2) is 0 Å². The fourth-order valence-electron chi connectivity index (χ4n) is 2.46. The van der Waals surface area contributed by atoms with E-state index in [1.165, 1.54) is 6.42 Å². The van der Waals surface area contributed by atoms with Crippen LogP contribution in [0.2, 0.25) is 0 Å². The minimum atomic E-state index is -0.449. The van der Waals surface area contributed by atoms with Crippen LogP contribution in [0.4, 0.5) is 0 Å². The highest BCUT2D eigenvalue weighted by atomic mass is 16.3. The molecule has 1 aliphatic heterocycles. The molecule has 3 unspecified atom stereocenters. The van der Waals surface area contributed by atoms with Gasteiger partial charge in [-0.1, -0.05) is 0 Å². The molecule has 0 saturated carbocycles.